The lowest BCUT2D eigenvalue weighted by Crippen LogP contribution is -2.48. The Balaban J connectivity index is 1.40. The van der Waals surface area contributed by atoms with Gasteiger partial charge in [0.2, 0.25) is 5.91 Å². The van der Waals surface area contributed by atoms with Gasteiger partial charge in [0.25, 0.3) is 5.91 Å². The Morgan fingerprint density at radius 2 is 1.79 bits per heavy atom. The highest BCUT2D eigenvalue weighted by Gasteiger charge is 2.24. The van der Waals surface area contributed by atoms with E-state index in [2.05, 4.69) is 5.32 Å². The molecule has 0 aromatic heterocycles. The van der Waals surface area contributed by atoms with Gasteiger partial charge in [-0.05, 0) is 36.6 Å². The van der Waals surface area contributed by atoms with E-state index in [1.54, 1.807) is 23.1 Å². The van der Waals surface area contributed by atoms with E-state index >= 15 is 0 Å². The fraction of sp³-hybridized carbons (Fsp3) is 0.333. The summed E-state index contributed by atoms with van der Waals surface area (Å²) in [5.41, 5.74) is 0.991. The number of likely N-dealkylation sites (tertiary alicyclic amines) is 1. The number of piperidine rings is 1. The summed E-state index contributed by atoms with van der Waals surface area (Å²) in [7, 11) is 0. The number of amides is 2. The van der Waals surface area contributed by atoms with E-state index in [0.717, 1.165) is 18.4 Å². The number of rotatable bonds is 6. The molecular weight excluding hydrogens is 399 g/mol. The van der Waals surface area contributed by atoms with Gasteiger partial charge in [0.15, 0.2) is 6.61 Å². The second-order valence-corrected chi connectivity index (χ2v) is 7.59. The first-order valence-electron chi connectivity index (χ1n) is 9.20. The predicted octanol–water partition coefficient (Wildman–Crippen LogP) is 3.72. The highest BCUT2D eigenvalue weighted by Crippen LogP contribution is 2.27. The molecule has 0 radical (unpaired) electrons. The van der Waals surface area contributed by atoms with E-state index in [1.807, 2.05) is 30.3 Å². The van der Waals surface area contributed by atoms with Crippen molar-refractivity contribution < 1.29 is 14.3 Å². The summed E-state index contributed by atoms with van der Waals surface area (Å²) in [5, 5.41) is 3.95. The molecule has 28 heavy (non-hydrogen) atoms. The van der Waals surface area contributed by atoms with Gasteiger partial charge in [-0.15, -0.1) is 0 Å². The van der Waals surface area contributed by atoms with E-state index in [4.69, 9.17) is 27.9 Å². The van der Waals surface area contributed by atoms with Crippen LogP contribution in [0.1, 0.15) is 18.4 Å². The molecule has 5 nitrogen and oxygen atoms in total. The van der Waals surface area contributed by atoms with E-state index < -0.39 is 0 Å². The third-order valence-electron chi connectivity index (χ3n) is 4.67. The van der Waals surface area contributed by atoms with Gasteiger partial charge in [-0.2, -0.15) is 0 Å². The van der Waals surface area contributed by atoms with Crippen molar-refractivity contribution in [3.8, 4) is 5.75 Å². The number of hydrogen-bond donors (Lipinski definition) is 1. The molecule has 2 aromatic rings. The smallest absolute Gasteiger partial charge is 0.260 e. The molecule has 7 heteroatoms. The van der Waals surface area contributed by atoms with Crippen molar-refractivity contribution >= 4 is 35.0 Å². The molecule has 148 valence electrons. The van der Waals surface area contributed by atoms with Crippen LogP contribution in [0.5, 0.6) is 5.75 Å². The fourth-order valence-electron chi connectivity index (χ4n) is 3.16. The standard InChI is InChI=1S/C21H22Cl2N2O3/c22-16-6-7-19(18(23)13-16)28-14-21(27)25-10-8-17(9-11-25)24-20(26)12-15-4-2-1-3-5-15/h1-7,13,17H,8-12,14H2,(H,24,26). The minimum absolute atomic E-state index is 0.0108. The van der Waals surface area contributed by atoms with Crippen LogP contribution >= 0.6 is 23.2 Å². The van der Waals surface area contributed by atoms with Crippen molar-refractivity contribution in [2.24, 2.45) is 0 Å². The van der Waals surface area contributed by atoms with E-state index in [1.165, 1.54) is 0 Å². The first-order chi connectivity index (χ1) is 13.5. The number of benzene rings is 2. The highest BCUT2D eigenvalue weighted by atomic mass is 35.5. The van der Waals surface area contributed by atoms with Crippen molar-refractivity contribution in [3.05, 3.63) is 64.1 Å². The number of carbonyl (C=O) groups excluding carboxylic acids is 2. The zero-order valence-corrected chi connectivity index (χ0v) is 16.9. The van der Waals surface area contributed by atoms with Gasteiger partial charge < -0.3 is 15.0 Å². The number of halogens is 2. The molecule has 1 heterocycles. The maximum atomic E-state index is 12.4. The Morgan fingerprint density at radius 1 is 1.07 bits per heavy atom. The topological polar surface area (TPSA) is 58.6 Å². The Hall–Kier alpha value is -2.24. The quantitative estimate of drug-likeness (QED) is 0.774. The lowest BCUT2D eigenvalue weighted by molar-refractivity contribution is -0.134. The summed E-state index contributed by atoms with van der Waals surface area (Å²) in [4.78, 5) is 26.3. The second kappa shape index (κ2) is 9.80. The molecule has 1 N–H and O–H groups in total. The molecule has 0 bridgehead atoms. The van der Waals surface area contributed by atoms with Crippen LogP contribution in [0.15, 0.2) is 48.5 Å². The number of nitrogens with zero attached hydrogens (tertiary/aromatic N) is 1. The summed E-state index contributed by atoms with van der Waals surface area (Å²) in [5.74, 6) is 0.347. The SMILES string of the molecule is O=C(Cc1ccccc1)NC1CCN(C(=O)COc2ccc(Cl)cc2Cl)CC1. The number of nitrogens with one attached hydrogen (secondary N) is 1. The molecule has 0 aliphatic carbocycles. The molecule has 0 saturated carbocycles. The Kier molecular flexibility index (Phi) is 7.18. The molecule has 0 spiro atoms. The zero-order valence-electron chi connectivity index (χ0n) is 15.4. The third kappa shape index (κ3) is 5.88. The molecule has 1 aliphatic heterocycles. The maximum absolute atomic E-state index is 12.4. The Labute approximate surface area is 174 Å². The Morgan fingerprint density at radius 3 is 2.46 bits per heavy atom. The average molecular weight is 421 g/mol. The lowest BCUT2D eigenvalue weighted by Gasteiger charge is -2.32. The largest absolute Gasteiger partial charge is 0.482 e. The molecule has 2 amide bonds. The van der Waals surface area contributed by atoms with Gasteiger partial charge in [0.05, 0.1) is 11.4 Å². The van der Waals surface area contributed by atoms with E-state index in [9.17, 15) is 9.59 Å². The minimum Gasteiger partial charge on any atom is -0.482 e. The van der Waals surface area contributed by atoms with Gasteiger partial charge in [-0.3, -0.25) is 9.59 Å². The van der Waals surface area contributed by atoms with Crippen LogP contribution in [-0.2, 0) is 16.0 Å². The highest BCUT2D eigenvalue weighted by molar-refractivity contribution is 6.35. The summed E-state index contributed by atoms with van der Waals surface area (Å²) in [6.45, 7) is 1.10. The van der Waals surface area contributed by atoms with Gasteiger partial charge >= 0.3 is 0 Å². The molecule has 1 saturated heterocycles. The first kappa shape index (κ1) is 20.5. The normalized spacial score (nSPS) is 14.6. The van der Waals surface area contributed by atoms with Gasteiger partial charge in [0, 0.05) is 24.2 Å². The minimum atomic E-state index is -0.0971. The number of carbonyl (C=O) groups is 2. The van der Waals surface area contributed by atoms with Gasteiger partial charge in [0.1, 0.15) is 5.75 Å². The van der Waals surface area contributed by atoms with Crippen molar-refractivity contribution in [2.45, 2.75) is 25.3 Å². The average Bonchev–Trinajstić information content (AvgIpc) is 2.68. The molecule has 3 rings (SSSR count). The number of hydrogen-bond acceptors (Lipinski definition) is 3. The van der Waals surface area contributed by atoms with Crippen LogP contribution in [-0.4, -0.2) is 42.5 Å². The molecule has 1 aliphatic rings. The maximum Gasteiger partial charge on any atom is 0.260 e. The lowest BCUT2D eigenvalue weighted by atomic mass is 10.0. The van der Waals surface area contributed by atoms with E-state index in [-0.39, 0.29) is 24.5 Å². The van der Waals surface area contributed by atoms with Crippen LogP contribution in [0.3, 0.4) is 0 Å². The van der Waals surface area contributed by atoms with Crippen LogP contribution in [0.25, 0.3) is 0 Å². The van der Waals surface area contributed by atoms with Crippen molar-refractivity contribution in [1.29, 1.82) is 0 Å². The Bertz CT molecular complexity index is 822. The molecule has 1 fully saturated rings. The summed E-state index contributed by atoms with van der Waals surface area (Å²) in [6.07, 6.45) is 1.83. The van der Waals surface area contributed by atoms with Gasteiger partial charge in [-0.25, -0.2) is 0 Å². The van der Waals surface area contributed by atoms with Crippen molar-refractivity contribution in [2.75, 3.05) is 19.7 Å². The molecule has 0 unspecified atom stereocenters. The second-order valence-electron chi connectivity index (χ2n) is 6.75. The van der Waals surface area contributed by atoms with Crippen LogP contribution in [0.4, 0.5) is 0 Å². The van der Waals surface area contributed by atoms with Crippen molar-refractivity contribution in [1.82, 2.24) is 10.2 Å². The summed E-state index contributed by atoms with van der Waals surface area (Å²) < 4.78 is 5.51. The molecule has 2 aromatic carbocycles. The third-order valence-corrected chi connectivity index (χ3v) is 5.20. The van der Waals surface area contributed by atoms with Crippen molar-refractivity contribution in [3.63, 3.8) is 0 Å². The summed E-state index contributed by atoms with van der Waals surface area (Å²) in [6, 6.07) is 14.6. The van der Waals surface area contributed by atoms with E-state index in [0.29, 0.717) is 35.3 Å². The first-order valence-corrected chi connectivity index (χ1v) is 9.96. The number of ether oxygens (including phenoxy) is 1. The monoisotopic (exact) mass is 420 g/mol. The van der Waals surface area contributed by atoms with Crippen LogP contribution in [0.2, 0.25) is 10.0 Å². The molecular formula is C21H22Cl2N2O3. The summed E-state index contributed by atoms with van der Waals surface area (Å²) >= 11 is 11.9. The molecule has 0 atom stereocenters. The van der Waals surface area contributed by atoms with Crippen LogP contribution in [0, 0.1) is 0 Å². The fourth-order valence-corrected chi connectivity index (χ4v) is 3.62. The van der Waals surface area contributed by atoms with Crippen LogP contribution < -0.4 is 10.1 Å². The van der Waals surface area contributed by atoms with Gasteiger partial charge in [-0.1, -0.05) is 53.5 Å². The zero-order chi connectivity index (χ0) is 19.9. The predicted molar refractivity (Wildman–Crippen MR) is 110 cm³/mol.